The molecule has 0 radical (unpaired) electrons. The molecule has 1 heterocycles. The molecule has 11 heteroatoms. The van der Waals surface area contributed by atoms with E-state index in [4.69, 9.17) is 9.47 Å². The first-order chi connectivity index (χ1) is 19.7. The maximum absolute atomic E-state index is 16.0. The van der Waals surface area contributed by atoms with Gasteiger partial charge < -0.3 is 19.7 Å². The van der Waals surface area contributed by atoms with E-state index in [1.165, 1.54) is 35.2 Å². The lowest BCUT2D eigenvalue weighted by Crippen LogP contribution is -2.45. The minimum Gasteiger partial charge on any atom is -0.497 e. The number of thiazole rings is 1. The summed E-state index contributed by atoms with van der Waals surface area (Å²) in [7, 11) is 2.91. The van der Waals surface area contributed by atoms with Crippen LogP contribution >= 0.6 is 11.3 Å². The van der Waals surface area contributed by atoms with E-state index in [1.54, 1.807) is 43.0 Å². The van der Waals surface area contributed by atoms with Crippen molar-refractivity contribution in [2.45, 2.75) is 74.4 Å². The molecule has 2 atom stereocenters. The molecule has 2 saturated carbocycles. The van der Waals surface area contributed by atoms with Crippen LogP contribution in [0.1, 0.15) is 62.0 Å². The van der Waals surface area contributed by atoms with Gasteiger partial charge in [-0.15, -0.1) is 11.3 Å². The Labute approximate surface area is 246 Å². The monoisotopic (exact) mass is 602 g/mol. The molecule has 5 rings (SSSR count). The molecule has 1 N–H and O–H groups in total. The molecule has 0 spiro atoms. The topological polar surface area (TPSA) is 84.0 Å². The molecule has 0 bridgehead atoms. The van der Waals surface area contributed by atoms with Crippen LogP contribution in [0.3, 0.4) is 0 Å². The predicted molar refractivity (Wildman–Crippen MR) is 161 cm³/mol. The van der Waals surface area contributed by atoms with Gasteiger partial charge in [-0.2, -0.15) is 0 Å². The fourth-order valence-corrected chi connectivity index (χ4v) is 8.25. The molecule has 8 nitrogen and oxygen atoms in total. The highest BCUT2D eigenvalue weighted by atomic mass is 32.2. The van der Waals surface area contributed by atoms with Gasteiger partial charge in [0, 0.05) is 41.0 Å². The molecule has 41 heavy (non-hydrogen) atoms. The molecule has 2 fully saturated rings. The first-order valence-electron chi connectivity index (χ1n) is 14.1. The maximum Gasteiger partial charge on any atom is 0.269 e. The van der Waals surface area contributed by atoms with E-state index in [-0.39, 0.29) is 28.5 Å². The van der Waals surface area contributed by atoms with E-state index < -0.39 is 15.8 Å². The minimum atomic E-state index is -4.32. The second-order valence-electron chi connectivity index (χ2n) is 11.1. The smallest absolute Gasteiger partial charge is 0.269 e. The zero-order valence-corrected chi connectivity index (χ0v) is 25.7. The van der Waals surface area contributed by atoms with Crippen LogP contribution < -0.4 is 19.1 Å². The second kappa shape index (κ2) is 12.5. The van der Waals surface area contributed by atoms with Gasteiger partial charge in [0.15, 0.2) is 5.13 Å². The van der Waals surface area contributed by atoms with E-state index in [2.05, 4.69) is 29.3 Å². The number of hydrogen-bond donors (Lipinski definition) is 1. The van der Waals surface area contributed by atoms with E-state index in [0.29, 0.717) is 28.8 Å². The number of aromatic nitrogens is 1. The van der Waals surface area contributed by atoms with E-state index >= 15 is 4.39 Å². The van der Waals surface area contributed by atoms with Crippen molar-refractivity contribution in [3.8, 4) is 11.5 Å². The summed E-state index contributed by atoms with van der Waals surface area (Å²) in [6, 6.07) is 8.67. The highest BCUT2D eigenvalue weighted by molar-refractivity contribution is 7.93. The summed E-state index contributed by atoms with van der Waals surface area (Å²) in [6.45, 7) is -0.0756. The average Bonchev–Trinajstić information content (AvgIpc) is 3.46. The Morgan fingerprint density at radius 1 is 1.05 bits per heavy atom. The molecule has 3 aromatic rings. The summed E-state index contributed by atoms with van der Waals surface area (Å²) >= 11 is 1.18. The van der Waals surface area contributed by atoms with Gasteiger partial charge in [0.1, 0.15) is 22.2 Å². The van der Waals surface area contributed by atoms with Crippen LogP contribution in [0.5, 0.6) is 11.5 Å². The number of hydrogen-bond acceptors (Lipinski definition) is 8. The zero-order valence-electron chi connectivity index (χ0n) is 24.1. The molecular weight excluding hydrogens is 563 g/mol. The van der Waals surface area contributed by atoms with Crippen molar-refractivity contribution in [2.75, 3.05) is 37.9 Å². The van der Waals surface area contributed by atoms with Crippen molar-refractivity contribution < 1.29 is 22.3 Å². The molecule has 0 saturated heterocycles. The van der Waals surface area contributed by atoms with Crippen LogP contribution in [-0.2, 0) is 16.6 Å². The van der Waals surface area contributed by atoms with Crippen LogP contribution in [0.25, 0.3) is 0 Å². The Morgan fingerprint density at radius 2 is 1.83 bits per heavy atom. The van der Waals surface area contributed by atoms with Gasteiger partial charge in [-0.3, -0.25) is 0 Å². The van der Waals surface area contributed by atoms with E-state index in [1.807, 2.05) is 0 Å². The van der Waals surface area contributed by atoms with Crippen molar-refractivity contribution in [3.63, 3.8) is 0 Å². The summed E-state index contributed by atoms with van der Waals surface area (Å²) in [5.41, 5.74) is 2.19. The molecule has 0 aliphatic heterocycles. The van der Waals surface area contributed by atoms with Crippen molar-refractivity contribution in [3.05, 3.63) is 58.9 Å². The maximum atomic E-state index is 16.0. The second-order valence-corrected chi connectivity index (χ2v) is 13.8. The summed E-state index contributed by atoms with van der Waals surface area (Å²) in [6.07, 6.45) is 8.91. The van der Waals surface area contributed by atoms with Crippen LogP contribution in [0.4, 0.5) is 15.2 Å². The Balaban J connectivity index is 1.54. The zero-order chi connectivity index (χ0) is 29.1. The highest BCUT2D eigenvalue weighted by Gasteiger charge is 2.35. The third-order valence-corrected chi connectivity index (χ3v) is 11.1. The van der Waals surface area contributed by atoms with E-state index in [9.17, 15) is 8.42 Å². The van der Waals surface area contributed by atoms with Gasteiger partial charge >= 0.3 is 0 Å². The van der Waals surface area contributed by atoms with Gasteiger partial charge in [-0.05, 0) is 75.5 Å². The first-order valence-corrected chi connectivity index (χ1v) is 16.4. The summed E-state index contributed by atoms with van der Waals surface area (Å²) in [5, 5.41) is 5.60. The molecular formula is C30H39FN4O4S2. The number of nitrogens with zero attached hydrogens (tertiary/aromatic N) is 3. The third kappa shape index (κ3) is 6.17. The lowest BCUT2D eigenvalue weighted by Gasteiger charge is -2.38. The normalized spacial score (nSPS) is 19.6. The largest absolute Gasteiger partial charge is 0.497 e. The highest BCUT2D eigenvalue weighted by Crippen LogP contribution is 2.43. The lowest BCUT2D eigenvalue weighted by atomic mass is 9.79. The lowest BCUT2D eigenvalue weighted by molar-refractivity contribution is 0.211. The molecule has 0 amide bonds. The van der Waals surface area contributed by atoms with Gasteiger partial charge in [0.2, 0.25) is 0 Å². The molecule has 222 valence electrons. The third-order valence-electron chi connectivity index (χ3n) is 8.39. The summed E-state index contributed by atoms with van der Waals surface area (Å²) in [4.78, 5) is 6.19. The Hall–Kier alpha value is -2.89. The van der Waals surface area contributed by atoms with Crippen LogP contribution in [0, 0.1) is 5.82 Å². The quantitative estimate of drug-likeness (QED) is 0.278. The fourth-order valence-electron chi connectivity index (χ4n) is 5.90. The number of sulfonamides is 1. The Morgan fingerprint density at radius 3 is 2.46 bits per heavy atom. The SMILES string of the molecule is COc1ccc(CN(c2nccs2)S(=O)(=O)c2cc(C3CCC3)c(N[C@H]3CCCC[C@@H]3N(C)C)cc2F)c(OC)c1. The Kier molecular flexibility index (Phi) is 9.06. The molecule has 0 unspecified atom stereocenters. The summed E-state index contributed by atoms with van der Waals surface area (Å²) < 4.78 is 56.5. The van der Waals surface area contributed by atoms with Crippen molar-refractivity contribution in [2.24, 2.45) is 0 Å². The minimum absolute atomic E-state index is 0.0756. The standard InChI is InChI=1S/C30H39FN4O4S2/c1-34(2)27-11-6-5-10-25(27)33-26-18-24(31)29(17-23(26)20-8-7-9-20)41(36,37)35(30-32-14-15-40-30)19-21-12-13-22(38-3)16-28(21)39-4/h12-18,20,25,27,33H,5-11,19H2,1-4H3/t25-,27-/m0/s1. The van der Waals surface area contributed by atoms with Crippen LogP contribution in [0.15, 0.2) is 46.8 Å². The number of rotatable bonds is 11. The molecule has 2 aliphatic rings. The van der Waals surface area contributed by atoms with Crippen LogP contribution in [0.2, 0.25) is 0 Å². The number of benzene rings is 2. The number of nitrogens with one attached hydrogen (secondary N) is 1. The average molecular weight is 603 g/mol. The van der Waals surface area contributed by atoms with Gasteiger partial charge in [0.05, 0.1) is 20.8 Å². The fraction of sp³-hybridized carbons (Fsp3) is 0.500. The molecule has 2 aliphatic carbocycles. The summed E-state index contributed by atoms with van der Waals surface area (Å²) in [5.74, 6) is 0.488. The van der Waals surface area contributed by atoms with Gasteiger partial charge in [-0.25, -0.2) is 22.1 Å². The van der Waals surface area contributed by atoms with Crippen molar-refractivity contribution in [1.29, 1.82) is 0 Å². The van der Waals surface area contributed by atoms with Crippen molar-refractivity contribution >= 4 is 32.2 Å². The number of anilines is 2. The number of likely N-dealkylation sites (N-methyl/N-ethyl adjacent to an activating group) is 1. The van der Waals surface area contributed by atoms with Crippen LogP contribution in [-0.4, -0.2) is 58.7 Å². The van der Waals surface area contributed by atoms with Gasteiger partial charge in [0.25, 0.3) is 10.0 Å². The number of halogens is 1. The molecule has 2 aromatic carbocycles. The number of ether oxygens (including phenoxy) is 2. The van der Waals surface area contributed by atoms with Crippen molar-refractivity contribution in [1.82, 2.24) is 9.88 Å². The molecule has 1 aromatic heterocycles. The van der Waals surface area contributed by atoms with Gasteiger partial charge in [-0.1, -0.05) is 19.3 Å². The predicted octanol–water partition coefficient (Wildman–Crippen LogP) is 6.25. The van der Waals surface area contributed by atoms with E-state index in [0.717, 1.165) is 44.1 Å². The Bertz CT molecular complexity index is 1440. The first kappa shape index (κ1) is 29.6. The number of methoxy groups -OCH3 is 2.